The first-order valence-electron chi connectivity index (χ1n) is 6.53. The number of aryl methyl sites for hydroxylation is 1. The van der Waals surface area contributed by atoms with Crippen LogP contribution >= 0.6 is 11.3 Å². The zero-order valence-corrected chi connectivity index (χ0v) is 12.3. The zero-order chi connectivity index (χ0) is 14.1. The van der Waals surface area contributed by atoms with Crippen molar-refractivity contribution in [2.75, 3.05) is 12.3 Å². The minimum Gasteiger partial charge on any atom is -0.494 e. The second kappa shape index (κ2) is 5.13. The Balaban J connectivity index is 2.00. The van der Waals surface area contributed by atoms with Crippen molar-refractivity contribution in [2.45, 2.75) is 20.3 Å². The number of thiazole rings is 1. The third-order valence-corrected chi connectivity index (χ3v) is 3.86. The summed E-state index contributed by atoms with van der Waals surface area (Å²) in [5, 5.41) is 5.13. The van der Waals surface area contributed by atoms with E-state index in [0.717, 1.165) is 39.8 Å². The van der Waals surface area contributed by atoms with E-state index in [9.17, 15) is 0 Å². The lowest BCUT2D eigenvalue weighted by atomic mass is 10.3. The number of hydrogen-bond donors (Lipinski definition) is 1. The number of nitrogens with zero attached hydrogens (tertiary/aromatic N) is 3. The predicted molar refractivity (Wildman–Crippen MR) is 81.7 cm³/mol. The number of nitrogens with two attached hydrogens (primary N) is 1. The van der Waals surface area contributed by atoms with E-state index in [-0.39, 0.29) is 0 Å². The van der Waals surface area contributed by atoms with Crippen LogP contribution in [-0.2, 0) is 0 Å². The van der Waals surface area contributed by atoms with Crippen molar-refractivity contribution in [1.82, 2.24) is 14.8 Å². The quantitative estimate of drug-likeness (QED) is 0.801. The van der Waals surface area contributed by atoms with Crippen molar-refractivity contribution in [3.8, 4) is 10.9 Å². The topological polar surface area (TPSA) is 66.0 Å². The standard InChI is InChI=1S/C14H16N4OS/c1-3-6-19-10-4-5-11-12(8-10)20-14(16-11)18-13(15)7-9(2)17-18/h4-5,7-8H,3,6,15H2,1-2H3. The van der Waals surface area contributed by atoms with Gasteiger partial charge in [0.1, 0.15) is 11.6 Å². The maximum atomic E-state index is 5.93. The van der Waals surface area contributed by atoms with Gasteiger partial charge >= 0.3 is 0 Å². The molecule has 2 N–H and O–H groups in total. The maximum Gasteiger partial charge on any atom is 0.213 e. The number of fused-ring (bicyclic) bond motifs is 1. The molecule has 0 unspecified atom stereocenters. The van der Waals surface area contributed by atoms with Crippen LogP contribution in [0.25, 0.3) is 15.3 Å². The van der Waals surface area contributed by atoms with Crippen LogP contribution in [0.3, 0.4) is 0 Å². The van der Waals surface area contributed by atoms with Crippen molar-refractivity contribution in [3.63, 3.8) is 0 Å². The van der Waals surface area contributed by atoms with Gasteiger partial charge in [-0.05, 0) is 31.5 Å². The van der Waals surface area contributed by atoms with Crippen LogP contribution < -0.4 is 10.5 Å². The SMILES string of the molecule is CCCOc1ccc2nc(-n3nc(C)cc3N)sc2c1. The molecule has 5 nitrogen and oxygen atoms in total. The lowest BCUT2D eigenvalue weighted by Crippen LogP contribution is -2.00. The van der Waals surface area contributed by atoms with Crippen molar-refractivity contribution in [1.29, 1.82) is 0 Å². The molecule has 0 saturated carbocycles. The molecule has 1 aromatic carbocycles. The van der Waals surface area contributed by atoms with Crippen LogP contribution in [0.15, 0.2) is 24.3 Å². The van der Waals surface area contributed by atoms with Crippen LogP contribution in [0.1, 0.15) is 19.0 Å². The van der Waals surface area contributed by atoms with Gasteiger partial charge in [-0.1, -0.05) is 18.3 Å². The lowest BCUT2D eigenvalue weighted by molar-refractivity contribution is 0.318. The molecule has 3 rings (SSSR count). The van der Waals surface area contributed by atoms with Gasteiger partial charge < -0.3 is 10.5 Å². The van der Waals surface area contributed by atoms with Gasteiger partial charge in [0.15, 0.2) is 0 Å². The molecule has 104 valence electrons. The number of nitrogen functional groups attached to an aromatic ring is 1. The molecule has 0 radical (unpaired) electrons. The Morgan fingerprint density at radius 1 is 1.35 bits per heavy atom. The van der Waals surface area contributed by atoms with Gasteiger partial charge in [-0.25, -0.2) is 4.98 Å². The van der Waals surface area contributed by atoms with Crippen LogP contribution in [0.5, 0.6) is 5.75 Å². The van der Waals surface area contributed by atoms with E-state index in [1.807, 2.05) is 31.2 Å². The molecule has 2 heterocycles. The molecule has 3 aromatic rings. The van der Waals surface area contributed by atoms with Crippen molar-refractivity contribution >= 4 is 27.4 Å². The molecule has 20 heavy (non-hydrogen) atoms. The van der Waals surface area contributed by atoms with Gasteiger partial charge in [0.2, 0.25) is 5.13 Å². The molecule has 2 aromatic heterocycles. The van der Waals surface area contributed by atoms with E-state index in [0.29, 0.717) is 5.82 Å². The normalized spacial score (nSPS) is 11.1. The molecule has 0 fully saturated rings. The highest BCUT2D eigenvalue weighted by atomic mass is 32.1. The number of anilines is 1. The van der Waals surface area contributed by atoms with E-state index in [4.69, 9.17) is 10.5 Å². The molecule has 0 aliphatic heterocycles. The van der Waals surface area contributed by atoms with Crippen molar-refractivity contribution in [2.24, 2.45) is 0 Å². The number of rotatable bonds is 4. The van der Waals surface area contributed by atoms with E-state index >= 15 is 0 Å². The molecule has 0 atom stereocenters. The highest BCUT2D eigenvalue weighted by Gasteiger charge is 2.10. The minimum absolute atomic E-state index is 0.601. The van der Waals surface area contributed by atoms with Gasteiger partial charge in [0.05, 0.1) is 22.5 Å². The Morgan fingerprint density at radius 2 is 2.20 bits per heavy atom. The first-order valence-corrected chi connectivity index (χ1v) is 7.35. The Labute approximate surface area is 121 Å². The summed E-state index contributed by atoms with van der Waals surface area (Å²) in [5.41, 5.74) is 7.75. The van der Waals surface area contributed by atoms with E-state index in [1.165, 1.54) is 0 Å². The predicted octanol–water partition coefficient (Wildman–Crippen LogP) is 3.16. The summed E-state index contributed by atoms with van der Waals surface area (Å²) in [6, 6.07) is 7.76. The second-order valence-electron chi connectivity index (χ2n) is 4.60. The van der Waals surface area contributed by atoms with Gasteiger partial charge in [-0.15, -0.1) is 0 Å². The molecule has 6 heteroatoms. The van der Waals surface area contributed by atoms with Crippen LogP contribution in [0, 0.1) is 6.92 Å². The third-order valence-electron chi connectivity index (χ3n) is 2.86. The zero-order valence-electron chi connectivity index (χ0n) is 11.5. The van der Waals surface area contributed by atoms with Gasteiger partial charge in [-0.2, -0.15) is 9.78 Å². The summed E-state index contributed by atoms with van der Waals surface area (Å²) in [6.45, 7) is 4.73. The fourth-order valence-corrected chi connectivity index (χ4v) is 2.93. The van der Waals surface area contributed by atoms with E-state index in [1.54, 1.807) is 16.0 Å². The molecular weight excluding hydrogens is 272 g/mol. The maximum absolute atomic E-state index is 5.93. The third kappa shape index (κ3) is 2.34. The largest absolute Gasteiger partial charge is 0.494 e. The van der Waals surface area contributed by atoms with Crippen LogP contribution in [0.4, 0.5) is 5.82 Å². The highest BCUT2D eigenvalue weighted by Crippen LogP contribution is 2.29. The Hall–Kier alpha value is -2.08. The highest BCUT2D eigenvalue weighted by molar-refractivity contribution is 7.20. The summed E-state index contributed by atoms with van der Waals surface area (Å²) in [5.74, 6) is 1.48. The summed E-state index contributed by atoms with van der Waals surface area (Å²) >= 11 is 1.55. The Morgan fingerprint density at radius 3 is 2.90 bits per heavy atom. The van der Waals surface area contributed by atoms with Crippen molar-refractivity contribution in [3.05, 3.63) is 30.0 Å². The summed E-state index contributed by atoms with van der Waals surface area (Å²) < 4.78 is 8.38. The lowest BCUT2D eigenvalue weighted by Gasteiger charge is -2.02. The Kier molecular flexibility index (Phi) is 3.31. The smallest absolute Gasteiger partial charge is 0.213 e. The molecular formula is C14H16N4OS. The van der Waals surface area contributed by atoms with Gasteiger partial charge in [-0.3, -0.25) is 0 Å². The molecule has 0 bridgehead atoms. The molecule has 0 amide bonds. The fraction of sp³-hybridized carbons (Fsp3) is 0.286. The number of aromatic nitrogens is 3. The molecule has 0 saturated heterocycles. The van der Waals surface area contributed by atoms with Crippen LogP contribution in [0.2, 0.25) is 0 Å². The summed E-state index contributed by atoms with van der Waals surface area (Å²) in [7, 11) is 0. The summed E-state index contributed by atoms with van der Waals surface area (Å²) in [4.78, 5) is 4.56. The molecule has 0 aliphatic rings. The van der Waals surface area contributed by atoms with Gasteiger partial charge in [0, 0.05) is 6.07 Å². The van der Waals surface area contributed by atoms with E-state index in [2.05, 4.69) is 17.0 Å². The monoisotopic (exact) mass is 288 g/mol. The van der Waals surface area contributed by atoms with E-state index < -0.39 is 0 Å². The van der Waals surface area contributed by atoms with Gasteiger partial charge in [0.25, 0.3) is 0 Å². The first-order chi connectivity index (χ1) is 9.67. The average molecular weight is 288 g/mol. The van der Waals surface area contributed by atoms with Crippen molar-refractivity contribution < 1.29 is 4.74 Å². The molecule has 0 aliphatic carbocycles. The second-order valence-corrected chi connectivity index (χ2v) is 5.61. The van der Waals surface area contributed by atoms with Crippen LogP contribution in [-0.4, -0.2) is 21.4 Å². The minimum atomic E-state index is 0.601. The Bertz CT molecular complexity index is 747. The molecule has 0 spiro atoms. The number of hydrogen-bond acceptors (Lipinski definition) is 5. The first kappa shape index (κ1) is 12.9. The number of benzene rings is 1. The average Bonchev–Trinajstić information content (AvgIpc) is 2.98. The number of ether oxygens (including phenoxy) is 1. The fourth-order valence-electron chi connectivity index (χ4n) is 1.97. The summed E-state index contributed by atoms with van der Waals surface area (Å²) in [6.07, 6.45) is 0.995.